The van der Waals surface area contributed by atoms with Crippen LogP contribution in [0.5, 0.6) is 0 Å². The molecule has 1 amide bonds. The first-order valence-corrected chi connectivity index (χ1v) is 7.47. The second-order valence-electron chi connectivity index (χ2n) is 5.50. The fourth-order valence-corrected chi connectivity index (χ4v) is 2.87. The molecule has 112 valence electrons. The van der Waals surface area contributed by atoms with Gasteiger partial charge in [0.1, 0.15) is 6.54 Å². The predicted octanol–water partition coefficient (Wildman–Crippen LogP) is 0.491. The molecule has 0 atom stereocenters. The molecule has 1 aliphatic carbocycles. The molecule has 3 fully saturated rings. The summed E-state index contributed by atoms with van der Waals surface area (Å²) in [4.78, 5) is 21.5. The molecule has 2 heterocycles. The maximum atomic E-state index is 12.1. The monoisotopic (exact) mass is 282 g/mol. The number of hydrogen-bond acceptors (Lipinski definition) is 6. The summed E-state index contributed by atoms with van der Waals surface area (Å²) in [6.45, 7) is 3.57. The number of hydrogen-bond donors (Lipinski definition) is 1. The fourth-order valence-electron chi connectivity index (χ4n) is 2.87. The van der Waals surface area contributed by atoms with Gasteiger partial charge in [0, 0.05) is 19.0 Å². The van der Waals surface area contributed by atoms with Gasteiger partial charge in [0.25, 0.3) is 5.91 Å². The summed E-state index contributed by atoms with van der Waals surface area (Å²) in [6.07, 6.45) is 5.45. The molecule has 0 unspecified atom stereocenters. The van der Waals surface area contributed by atoms with E-state index in [1.165, 1.54) is 6.42 Å². The Morgan fingerprint density at radius 3 is 2.70 bits per heavy atom. The topological polar surface area (TPSA) is 66.4 Å². The molecule has 7 heteroatoms. The van der Waals surface area contributed by atoms with Crippen LogP contribution in [0.1, 0.15) is 32.1 Å². The van der Waals surface area contributed by atoms with E-state index >= 15 is 0 Å². The first kappa shape index (κ1) is 13.9. The van der Waals surface area contributed by atoms with Gasteiger partial charge in [0.05, 0.1) is 13.2 Å². The van der Waals surface area contributed by atoms with Crippen molar-refractivity contribution in [3.05, 3.63) is 0 Å². The van der Waals surface area contributed by atoms with Crippen LogP contribution in [0, 0.1) is 5.92 Å². The molecule has 7 nitrogen and oxygen atoms in total. The number of nitrogens with one attached hydrogen (secondary N) is 1. The van der Waals surface area contributed by atoms with Crippen molar-refractivity contribution >= 4 is 11.8 Å². The normalized spacial score (nSPS) is 28.7. The molecule has 3 aliphatic rings. The molecule has 0 radical (unpaired) electrons. The van der Waals surface area contributed by atoms with E-state index < -0.39 is 0 Å². The Kier molecular flexibility index (Phi) is 4.62. The molecule has 0 bridgehead atoms. The van der Waals surface area contributed by atoms with Gasteiger partial charge in [-0.3, -0.25) is 4.79 Å². The Balaban J connectivity index is 1.52. The summed E-state index contributed by atoms with van der Waals surface area (Å²) >= 11 is 0. The molecule has 0 aromatic heterocycles. The first-order valence-electron chi connectivity index (χ1n) is 7.47. The lowest BCUT2D eigenvalue weighted by Crippen LogP contribution is -2.51. The number of carbonyl (C=O) groups excluding carboxylic acids is 1. The van der Waals surface area contributed by atoms with Crippen molar-refractivity contribution < 1.29 is 14.4 Å². The van der Waals surface area contributed by atoms with Gasteiger partial charge < -0.3 is 9.57 Å². The molecule has 3 rings (SSSR count). The van der Waals surface area contributed by atoms with Crippen LogP contribution in [0.4, 0.5) is 0 Å². The minimum atomic E-state index is -0.0228. The third-order valence-corrected chi connectivity index (χ3v) is 4.07. The van der Waals surface area contributed by atoms with Gasteiger partial charge in [-0.1, -0.05) is 24.9 Å². The van der Waals surface area contributed by atoms with Gasteiger partial charge in [0.15, 0.2) is 0 Å². The number of nitrogens with zero attached hydrogens (tertiary/aromatic N) is 3. The molecule has 0 aromatic rings. The largest absolute Gasteiger partial charge is 0.379 e. The summed E-state index contributed by atoms with van der Waals surface area (Å²) in [6, 6.07) is 0. The number of morpholine rings is 1. The van der Waals surface area contributed by atoms with E-state index in [9.17, 15) is 4.79 Å². The highest BCUT2D eigenvalue weighted by Gasteiger charge is 2.28. The quantitative estimate of drug-likeness (QED) is 0.795. The van der Waals surface area contributed by atoms with Gasteiger partial charge in [-0.15, -0.1) is 5.12 Å². The van der Waals surface area contributed by atoms with Crippen LogP contribution in [0.25, 0.3) is 0 Å². The second kappa shape index (κ2) is 6.62. The lowest BCUT2D eigenvalue weighted by Gasteiger charge is -2.31. The summed E-state index contributed by atoms with van der Waals surface area (Å²) in [7, 11) is 0. The molecule has 1 saturated carbocycles. The molecule has 20 heavy (non-hydrogen) atoms. The average molecular weight is 282 g/mol. The molecule has 0 aromatic carbocycles. The Bertz CT molecular complexity index is 376. The highest BCUT2D eigenvalue weighted by Crippen LogP contribution is 2.24. The second-order valence-corrected chi connectivity index (χ2v) is 5.50. The zero-order valence-electron chi connectivity index (χ0n) is 11.7. The first-order chi connectivity index (χ1) is 9.83. The highest BCUT2D eigenvalue weighted by molar-refractivity contribution is 5.93. The average Bonchev–Trinajstić information content (AvgIpc) is 2.97. The van der Waals surface area contributed by atoms with Crippen molar-refractivity contribution in [1.82, 2.24) is 15.7 Å². The molecular formula is C13H22N4O3. The standard InChI is InChI=1S/C13H22N4O3/c18-13(11-4-2-1-3-5-11)14-12-10-17(15-20-12)16-6-8-19-9-7-16/h11,15H,1-10H2. The van der Waals surface area contributed by atoms with E-state index in [4.69, 9.17) is 9.57 Å². The van der Waals surface area contributed by atoms with Gasteiger partial charge in [0.2, 0.25) is 5.90 Å². The van der Waals surface area contributed by atoms with Crippen molar-refractivity contribution in [2.24, 2.45) is 10.9 Å². The number of aliphatic imine (C=N–C) groups is 1. The van der Waals surface area contributed by atoms with Crippen LogP contribution in [-0.4, -0.2) is 54.8 Å². The SMILES string of the molecule is O=C(N=C1CN(N2CCOCC2)NO1)C1CCCCC1. The summed E-state index contributed by atoms with van der Waals surface area (Å²) in [5.41, 5.74) is 2.81. The molecule has 0 spiro atoms. The van der Waals surface area contributed by atoms with E-state index in [-0.39, 0.29) is 11.8 Å². The third-order valence-electron chi connectivity index (χ3n) is 4.07. The van der Waals surface area contributed by atoms with Crippen LogP contribution >= 0.6 is 0 Å². The minimum absolute atomic E-state index is 0.0228. The number of hydrazine groups is 2. The number of ether oxygens (including phenoxy) is 1. The van der Waals surface area contributed by atoms with Crippen molar-refractivity contribution in [2.75, 3.05) is 32.8 Å². The third kappa shape index (κ3) is 3.35. The van der Waals surface area contributed by atoms with E-state index in [1.54, 1.807) is 0 Å². The van der Waals surface area contributed by atoms with Crippen molar-refractivity contribution in [2.45, 2.75) is 32.1 Å². The molecular weight excluding hydrogens is 260 g/mol. The van der Waals surface area contributed by atoms with Crippen molar-refractivity contribution in [3.8, 4) is 0 Å². The summed E-state index contributed by atoms with van der Waals surface area (Å²) < 4.78 is 5.31. The Labute approximate surface area is 118 Å². The predicted molar refractivity (Wildman–Crippen MR) is 72.3 cm³/mol. The van der Waals surface area contributed by atoms with Crippen molar-refractivity contribution in [3.63, 3.8) is 0 Å². The molecule has 2 aliphatic heterocycles. The Hall–Kier alpha value is -1.02. The van der Waals surface area contributed by atoms with Crippen LogP contribution in [0.3, 0.4) is 0 Å². The minimum Gasteiger partial charge on any atom is -0.379 e. The van der Waals surface area contributed by atoms with E-state index in [2.05, 4.69) is 15.6 Å². The van der Waals surface area contributed by atoms with Crippen LogP contribution < -0.4 is 5.59 Å². The number of rotatable bonds is 2. The highest BCUT2D eigenvalue weighted by atomic mass is 16.7. The van der Waals surface area contributed by atoms with Gasteiger partial charge in [-0.25, -0.2) is 5.01 Å². The van der Waals surface area contributed by atoms with Crippen LogP contribution in [0.15, 0.2) is 4.99 Å². The maximum absolute atomic E-state index is 12.1. The van der Waals surface area contributed by atoms with Gasteiger partial charge in [-0.05, 0) is 12.8 Å². The van der Waals surface area contributed by atoms with E-state index in [0.29, 0.717) is 25.7 Å². The number of amides is 1. The van der Waals surface area contributed by atoms with E-state index in [0.717, 1.165) is 38.8 Å². The smallest absolute Gasteiger partial charge is 0.251 e. The van der Waals surface area contributed by atoms with Crippen LogP contribution in [0.2, 0.25) is 0 Å². The fraction of sp³-hybridized carbons (Fsp3) is 0.846. The van der Waals surface area contributed by atoms with Gasteiger partial charge in [-0.2, -0.15) is 4.99 Å². The summed E-state index contributed by atoms with van der Waals surface area (Å²) in [5.74, 6) is 0.537. The Morgan fingerprint density at radius 1 is 1.20 bits per heavy atom. The zero-order chi connectivity index (χ0) is 13.8. The van der Waals surface area contributed by atoms with Crippen molar-refractivity contribution in [1.29, 1.82) is 0 Å². The number of carbonyl (C=O) groups is 1. The molecule has 2 saturated heterocycles. The summed E-state index contributed by atoms with van der Waals surface area (Å²) in [5, 5.41) is 3.96. The maximum Gasteiger partial charge on any atom is 0.251 e. The van der Waals surface area contributed by atoms with E-state index in [1.807, 2.05) is 5.12 Å². The zero-order valence-corrected chi connectivity index (χ0v) is 11.7. The lowest BCUT2D eigenvalue weighted by atomic mass is 9.89. The lowest BCUT2D eigenvalue weighted by molar-refractivity contribution is -0.144. The molecule has 1 N–H and O–H groups in total. The van der Waals surface area contributed by atoms with Gasteiger partial charge >= 0.3 is 0 Å². The van der Waals surface area contributed by atoms with Crippen LogP contribution in [-0.2, 0) is 14.4 Å². The Morgan fingerprint density at radius 2 is 1.95 bits per heavy atom.